The summed E-state index contributed by atoms with van der Waals surface area (Å²) >= 11 is 3.51. The van der Waals surface area contributed by atoms with Crippen LogP contribution in [0, 0.1) is 0 Å². The van der Waals surface area contributed by atoms with E-state index in [1.54, 1.807) is 6.08 Å². The number of benzene rings is 1. The average Bonchev–Trinajstić information content (AvgIpc) is 3.33. The average molecular weight is 1010 g/mol. The van der Waals surface area contributed by atoms with Crippen molar-refractivity contribution in [2.24, 2.45) is 0 Å². The largest absolute Gasteiger partial charge is 0.494 e. The Morgan fingerprint density at radius 2 is 0.567 bits per heavy atom. The maximum atomic E-state index is 10.6. The van der Waals surface area contributed by atoms with Gasteiger partial charge < -0.3 is 28.8 Å². The van der Waals surface area contributed by atoms with E-state index in [0.29, 0.717) is 0 Å². The molecule has 0 amide bonds. The number of unbranched alkanes of at least 4 members (excludes halogenated alkanes) is 35. The first-order valence-corrected chi connectivity index (χ1v) is 29.9. The Hall–Kier alpha value is -1.45. The maximum Gasteiger partial charge on any atom is 0.328 e. The van der Waals surface area contributed by atoms with Crippen molar-refractivity contribution in [3.8, 4) is 5.75 Å². The zero-order chi connectivity index (χ0) is 47.9. The molecule has 0 aromatic heterocycles. The molecule has 1 aromatic carbocycles. The molecule has 0 radical (unpaired) electrons. The van der Waals surface area contributed by atoms with Crippen LogP contribution in [-0.4, -0.2) is 75.9 Å². The summed E-state index contributed by atoms with van der Waals surface area (Å²) in [5, 5.41) is 9.88. The minimum absolute atomic E-state index is 0.730. The highest BCUT2D eigenvalue weighted by Gasteiger charge is 2.00. The number of carboxylic acid groups (broad SMARTS) is 1. The number of alkyl halides is 1. The summed E-state index contributed by atoms with van der Waals surface area (Å²) in [4.78, 5) is 10.6. The number of aliphatic carboxylic acids is 1. The Morgan fingerprint density at radius 3 is 0.806 bits per heavy atom. The van der Waals surface area contributed by atoms with Crippen molar-refractivity contribution in [1.82, 2.24) is 0 Å². The normalized spacial score (nSPS) is 11.7. The number of hydrogen-bond acceptors (Lipinski definition) is 6. The summed E-state index contributed by atoms with van der Waals surface area (Å²) in [5.41, 5.74) is 0.860. The van der Waals surface area contributed by atoms with E-state index in [1.807, 2.05) is 24.3 Å². The molecule has 7 nitrogen and oxygen atoms in total. The molecular weight excluding hydrogens is 901 g/mol. The van der Waals surface area contributed by atoms with E-state index in [2.05, 4.69) is 15.9 Å². The third kappa shape index (κ3) is 52.2. The molecule has 0 heterocycles. The molecule has 0 unspecified atom stereocenters. The lowest BCUT2D eigenvalue weighted by Crippen LogP contribution is -1.98. The Kier molecular flexibility index (Phi) is 52.6. The van der Waals surface area contributed by atoms with Crippen molar-refractivity contribution >= 4 is 28.0 Å². The Bertz CT molecular complexity index is 1130. The van der Waals surface area contributed by atoms with Gasteiger partial charge in [0.05, 0.1) is 6.61 Å². The van der Waals surface area contributed by atoms with E-state index < -0.39 is 5.97 Å². The lowest BCUT2D eigenvalue weighted by molar-refractivity contribution is -0.131. The van der Waals surface area contributed by atoms with Gasteiger partial charge in [-0.2, -0.15) is 0 Å². The Morgan fingerprint density at radius 1 is 0.343 bits per heavy atom. The molecule has 0 bridgehead atoms. The van der Waals surface area contributed by atoms with Crippen LogP contribution >= 0.6 is 15.9 Å². The molecule has 0 aliphatic carbocycles. The number of ether oxygens (including phenoxy) is 5. The van der Waals surface area contributed by atoms with E-state index in [0.717, 1.165) is 88.6 Å². The zero-order valence-electron chi connectivity index (χ0n) is 43.6. The van der Waals surface area contributed by atoms with E-state index in [1.165, 1.54) is 250 Å². The lowest BCUT2D eigenvalue weighted by atomic mass is 10.1. The minimum Gasteiger partial charge on any atom is -0.494 e. The summed E-state index contributed by atoms with van der Waals surface area (Å²) in [5.74, 6) is -0.0986. The van der Waals surface area contributed by atoms with E-state index in [-0.39, 0.29) is 0 Å². The van der Waals surface area contributed by atoms with E-state index >= 15 is 0 Å². The van der Waals surface area contributed by atoms with Crippen LogP contribution in [0.1, 0.15) is 262 Å². The van der Waals surface area contributed by atoms with Crippen LogP contribution in [0.3, 0.4) is 0 Å². The molecule has 0 saturated carbocycles. The first-order valence-electron chi connectivity index (χ1n) is 28.7. The van der Waals surface area contributed by atoms with Gasteiger partial charge in [0.2, 0.25) is 0 Å². The third-order valence-corrected chi connectivity index (χ3v) is 13.5. The van der Waals surface area contributed by atoms with Gasteiger partial charge in [-0.25, -0.2) is 4.79 Å². The molecule has 1 aromatic rings. The number of rotatable bonds is 57. The predicted molar refractivity (Wildman–Crippen MR) is 290 cm³/mol. The number of hydrogen-bond donors (Lipinski definition) is 1. The Labute approximate surface area is 422 Å². The predicted octanol–water partition coefficient (Wildman–Crippen LogP) is 18.2. The van der Waals surface area contributed by atoms with Crippen LogP contribution in [0.25, 0.3) is 6.08 Å². The number of carboxylic acids is 1. The highest BCUT2D eigenvalue weighted by Crippen LogP contribution is 2.16. The van der Waals surface area contributed by atoms with Crippen LogP contribution in [0.2, 0.25) is 0 Å². The van der Waals surface area contributed by atoms with Gasteiger partial charge in [0, 0.05) is 64.3 Å². The fourth-order valence-electron chi connectivity index (χ4n) is 8.57. The van der Waals surface area contributed by atoms with Gasteiger partial charge in [0.15, 0.2) is 0 Å². The molecule has 392 valence electrons. The molecular formula is C59H107BrO7. The van der Waals surface area contributed by atoms with Crippen molar-refractivity contribution in [2.75, 3.05) is 64.8 Å². The van der Waals surface area contributed by atoms with Gasteiger partial charge in [-0.3, -0.25) is 0 Å². The van der Waals surface area contributed by atoms with Crippen molar-refractivity contribution in [3.05, 3.63) is 35.9 Å². The van der Waals surface area contributed by atoms with Gasteiger partial charge >= 0.3 is 5.97 Å². The van der Waals surface area contributed by atoms with Crippen LogP contribution < -0.4 is 4.74 Å². The van der Waals surface area contributed by atoms with Crippen molar-refractivity contribution < 1.29 is 33.6 Å². The summed E-state index contributed by atoms with van der Waals surface area (Å²) in [7, 11) is 0. The van der Waals surface area contributed by atoms with E-state index in [4.69, 9.17) is 28.8 Å². The summed E-state index contributed by atoms with van der Waals surface area (Å²) in [6, 6.07) is 7.55. The zero-order valence-corrected chi connectivity index (χ0v) is 45.2. The van der Waals surface area contributed by atoms with Gasteiger partial charge in [-0.15, -0.1) is 0 Å². The summed E-state index contributed by atoms with van der Waals surface area (Å²) in [6.45, 7) is 8.32. The van der Waals surface area contributed by atoms with Crippen LogP contribution in [-0.2, 0) is 23.7 Å². The second-order valence-corrected chi connectivity index (χ2v) is 20.2. The first-order chi connectivity index (χ1) is 33.2. The van der Waals surface area contributed by atoms with Gasteiger partial charge in [-0.05, 0) is 88.0 Å². The molecule has 0 saturated heterocycles. The van der Waals surface area contributed by atoms with Gasteiger partial charge in [0.1, 0.15) is 5.75 Å². The second kappa shape index (κ2) is 55.5. The van der Waals surface area contributed by atoms with Gasteiger partial charge in [0.25, 0.3) is 0 Å². The molecule has 0 atom stereocenters. The van der Waals surface area contributed by atoms with Crippen LogP contribution in [0.5, 0.6) is 5.75 Å². The van der Waals surface area contributed by atoms with Crippen LogP contribution in [0.15, 0.2) is 30.3 Å². The first kappa shape index (κ1) is 63.6. The Balaban J connectivity index is 1.62. The monoisotopic (exact) mass is 1010 g/mol. The van der Waals surface area contributed by atoms with Crippen molar-refractivity contribution in [2.45, 2.75) is 257 Å². The summed E-state index contributed by atoms with van der Waals surface area (Å²) < 4.78 is 29.4. The highest BCUT2D eigenvalue weighted by atomic mass is 79.9. The van der Waals surface area contributed by atoms with Crippen molar-refractivity contribution in [1.29, 1.82) is 0 Å². The van der Waals surface area contributed by atoms with Gasteiger partial charge in [-0.1, -0.05) is 221 Å². The SMILES string of the molecule is O=C(O)/C=C/c1ccc(OCCCCCCCCCCOCCCCCCCCCCOCCCCCCCCCCOCCCCCCCCCCOCCCCCCCCCCBr)cc1. The van der Waals surface area contributed by atoms with Crippen molar-refractivity contribution in [3.63, 3.8) is 0 Å². The van der Waals surface area contributed by atoms with Crippen LogP contribution in [0.4, 0.5) is 0 Å². The summed E-state index contributed by atoms with van der Waals surface area (Å²) in [6.07, 6.45) is 55.2. The topological polar surface area (TPSA) is 83.5 Å². The molecule has 0 spiro atoms. The smallest absolute Gasteiger partial charge is 0.328 e. The molecule has 0 aliphatic heterocycles. The molecule has 0 fully saturated rings. The number of carbonyl (C=O) groups is 1. The molecule has 1 N–H and O–H groups in total. The quantitative estimate of drug-likeness (QED) is 0.0395. The molecule has 67 heavy (non-hydrogen) atoms. The second-order valence-electron chi connectivity index (χ2n) is 19.4. The fourth-order valence-corrected chi connectivity index (χ4v) is 8.97. The fraction of sp³-hybridized carbons (Fsp3) is 0.847. The molecule has 8 heteroatoms. The minimum atomic E-state index is -0.937. The maximum absolute atomic E-state index is 10.6. The third-order valence-electron chi connectivity index (χ3n) is 12.9. The lowest BCUT2D eigenvalue weighted by Gasteiger charge is -2.07. The standard InChI is InChI=1S/C59H107BrO7/c60-47-31-21-11-1-2-12-22-32-48-63-49-33-23-13-3-4-14-24-34-50-64-51-35-25-15-5-6-16-26-36-52-65-53-37-27-17-7-8-18-28-38-54-66-55-39-29-19-9-10-20-30-40-56-67-58-44-41-57(42-45-58)43-46-59(61)62/h41-46H,1-40,47-56H2,(H,61,62)/b46-43+. The molecule has 1 rings (SSSR count). The number of halogens is 1. The van der Waals surface area contributed by atoms with E-state index in [9.17, 15) is 4.79 Å². The molecule has 0 aliphatic rings. The highest BCUT2D eigenvalue weighted by molar-refractivity contribution is 9.09.